The van der Waals surface area contributed by atoms with E-state index in [1.807, 2.05) is 26.0 Å². The van der Waals surface area contributed by atoms with Crippen LogP contribution in [-0.2, 0) is 23.9 Å². The molecule has 8 nitrogen and oxygen atoms in total. The van der Waals surface area contributed by atoms with Crippen molar-refractivity contribution in [3.63, 3.8) is 0 Å². The molecule has 8 unspecified atom stereocenters. The van der Waals surface area contributed by atoms with Gasteiger partial charge in [-0.05, 0) is 70.4 Å². The van der Waals surface area contributed by atoms with E-state index in [4.69, 9.17) is 4.74 Å². The third-order valence-electron chi connectivity index (χ3n) is 8.11. The lowest BCUT2D eigenvalue weighted by atomic mass is 9.87. The maximum Gasteiger partial charge on any atom is 0.333 e. The molecule has 0 aliphatic carbocycles. The van der Waals surface area contributed by atoms with Gasteiger partial charge in [0.1, 0.15) is 17.7 Å². The lowest BCUT2D eigenvalue weighted by Crippen LogP contribution is -2.36. The Labute approximate surface area is 252 Å². The molecule has 0 aromatic rings. The van der Waals surface area contributed by atoms with Crippen molar-refractivity contribution < 1.29 is 34.1 Å². The summed E-state index contributed by atoms with van der Waals surface area (Å²) in [6, 6.07) is -0.291. The van der Waals surface area contributed by atoms with Crippen LogP contribution in [0.2, 0.25) is 0 Å². The van der Waals surface area contributed by atoms with Crippen molar-refractivity contribution in [3.8, 4) is 0 Å². The van der Waals surface area contributed by atoms with E-state index < -0.39 is 42.0 Å². The predicted octanol–water partition coefficient (Wildman–Crippen LogP) is 5.19. The van der Waals surface area contributed by atoms with Crippen molar-refractivity contribution in [2.75, 3.05) is 0 Å². The smallest absolute Gasteiger partial charge is 0.333 e. The Hall–Kier alpha value is -2.84. The normalized spacial score (nSPS) is 31.2. The van der Waals surface area contributed by atoms with Gasteiger partial charge in [0.25, 0.3) is 0 Å². The minimum atomic E-state index is -0.984. The van der Waals surface area contributed by atoms with E-state index in [1.165, 1.54) is 0 Å². The van der Waals surface area contributed by atoms with Gasteiger partial charge in [-0.1, -0.05) is 58.6 Å². The van der Waals surface area contributed by atoms with Gasteiger partial charge in [0.15, 0.2) is 0 Å². The summed E-state index contributed by atoms with van der Waals surface area (Å²) in [4.78, 5) is 51.0. The quantitative estimate of drug-likeness (QED) is 0.162. The number of esters is 1. The van der Waals surface area contributed by atoms with E-state index in [0.717, 1.165) is 5.57 Å². The molecule has 1 amide bonds. The number of nitrogens with one attached hydrogen (secondary N) is 1. The Morgan fingerprint density at radius 1 is 1.10 bits per heavy atom. The fraction of sp³-hybridized carbons (Fsp3) is 0.647. The van der Waals surface area contributed by atoms with Gasteiger partial charge in [0, 0.05) is 35.8 Å². The number of Topliss-reactive ketones (excluding diaryl/α,β-unsaturated/α-hetero) is 2. The second kappa shape index (κ2) is 18.6. The fourth-order valence-electron chi connectivity index (χ4n) is 4.88. The Kier molecular flexibility index (Phi) is 16.5. The van der Waals surface area contributed by atoms with E-state index in [-0.39, 0.29) is 42.3 Å². The van der Waals surface area contributed by atoms with Gasteiger partial charge in [-0.2, -0.15) is 0 Å². The van der Waals surface area contributed by atoms with Crippen LogP contribution in [-0.4, -0.2) is 58.0 Å². The number of ether oxygens (including phenoxy) is 1. The van der Waals surface area contributed by atoms with E-state index in [9.17, 15) is 29.4 Å². The number of rotatable bonds is 7. The average molecular weight is 588 g/mol. The number of aliphatic hydroxyl groups excluding tert-OH is 2. The van der Waals surface area contributed by atoms with Crippen molar-refractivity contribution in [2.45, 2.75) is 118 Å². The van der Waals surface area contributed by atoms with Crippen molar-refractivity contribution in [1.29, 1.82) is 0 Å². The highest BCUT2D eigenvalue weighted by Gasteiger charge is 2.28. The van der Waals surface area contributed by atoms with Crippen molar-refractivity contribution in [3.05, 3.63) is 48.1 Å². The van der Waals surface area contributed by atoms with E-state index in [2.05, 4.69) is 11.9 Å². The monoisotopic (exact) mass is 587 g/mol. The van der Waals surface area contributed by atoms with Gasteiger partial charge in [-0.15, -0.1) is 0 Å². The highest BCUT2D eigenvalue weighted by molar-refractivity contribution is 5.99. The van der Waals surface area contributed by atoms with Gasteiger partial charge in [0.2, 0.25) is 5.91 Å². The SMILES string of the molecule is C=C/C=C(\C)C(O)CCC(C)/C=C/C1CCC(C)C(=O)CC(=O)NC(C)CCC(=O)C(C)C(O)C(C)/C=C(/C)C(=O)O1. The van der Waals surface area contributed by atoms with Gasteiger partial charge >= 0.3 is 5.97 Å². The molecule has 1 rings (SSSR count). The standard InChI is InChI=1S/C34H53NO7/c1-9-10-22(3)29(36)17-12-21(2)11-15-28-16-13-23(4)31(38)20-32(39)35-26(7)14-18-30(37)27(8)33(40)24(5)19-25(6)34(41)42-28/h9-11,15,19,21,23-24,26-29,33,36,40H,1,12-14,16-18,20H2,2-8H3,(H,35,39)/b15-11+,22-10+,25-19-. The fourth-order valence-corrected chi connectivity index (χ4v) is 4.88. The lowest BCUT2D eigenvalue weighted by molar-refractivity contribution is -0.142. The van der Waals surface area contributed by atoms with Gasteiger partial charge < -0.3 is 20.3 Å². The first kappa shape index (κ1) is 37.2. The average Bonchev–Trinajstić information content (AvgIpc) is 2.93. The maximum atomic E-state index is 13.0. The maximum absolute atomic E-state index is 13.0. The van der Waals surface area contributed by atoms with Gasteiger partial charge in [-0.3, -0.25) is 14.4 Å². The van der Waals surface area contributed by atoms with Crippen LogP contribution in [0.4, 0.5) is 0 Å². The van der Waals surface area contributed by atoms with Crippen LogP contribution in [0.5, 0.6) is 0 Å². The number of allylic oxidation sites excluding steroid dienone is 3. The summed E-state index contributed by atoms with van der Waals surface area (Å²) in [5, 5.41) is 23.9. The molecule has 1 heterocycles. The largest absolute Gasteiger partial charge is 0.455 e. The topological polar surface area (TPSA) is 130 Å². The summed E-state index contributed by atoms with van der Waals surface area (Å²) in [6.45, 7) is 16.1. The first-order valence-corrected chi connectivity index (χ1v) is 15.2. The summed E-state index contributed by atoms with van der Waals surface area (Å²) in [6.07, 6.45) is 9.10. The third kappa shape index (κ3) is 13.4. The molecule has 1 aliphatic rings. The molecule has 0 saturated heterocycles. The van der Waals surface area contributed by atoms with Crippen molar-refractivity contribution >= 4 is 23.4 Å². The van der Waals surface area contributed by atoms with E-state index in [1.54, 1.807) is 52.8 Å². The molecular weight excluding hydrogens is 534 g/mol. The van der Waals surface area contributed by atoms with Crippen LogP contribution in [0.15, 0.2) is 48.1 Å². The molecule has 236 valence electrons. The van der Waals surface area contributed by atoms with Crippen LogP contribution in [0.1, 0.15) is 93.4 Å². The van der Waals surface area contributed by atoms with Gasteiger partial charge in [0.05, 0.1) is 18.6 Å². The Morgan fingerprint density at radius 3 is 2.40 bits per heavy atom. The molecule has 0 aromatic heterocycles. The molecule has 0 bridgehead atoms. The molecule has 42 heavy (non-hydrogen) atoms. The highest BCUT2D eigenvalue weighted by atomic mass is 16.5. The molecule has 0 radical (unpaired) electrons. The second-order valence-electron chi connectivity index (χ2n) is 12.1. The molecule has 3 N–H and O–H groups in total. The Morgan fingerprint density at radius 2 is 1.76 bits per heavy atom. The second-order valence-corrected chi connectivity index (χ2v) is 12.1. The molecule has 8 atom stereocenters. The zero-order chi connectivity index (χ0) is 32.0. The highest BCUT2D eigenvalue weighted by Crippen LogP contribution is 2.22. The molecule has 0 aromatic carbocycles. The number of ketones is 2. The zero-order valence-corrected chi connectivity index (χ0v) is 26.6. The molecule has 0 fully saturated rings. The number of hydrogen-bond donors (Lipinski definition) is 3. The van der Waals surface area contributed by atoms with Crippen LogP contribution in [0.25, 0.3) is 0 Å². The van der Waals surface area contributed by atoms with Crippen molar-refractivity contribution in [1.82, 2.24) is 5.32 Å². The number of hydrogen-bond acceptors (Lipinski definition) is 7. The third-order valence-corrected chi connectivity index (χ3v) is 8.11. The number of carbonyl (C=O) groups is 4. The summed E-state index contributed by atoms with van der Waals surface area (Å²) in [7, 11) is 0. The predicted molar refractivity (Wildman–Crippen MR) is 165 cm³/mol. The molecule has 1 aliphatic heterocycles. The zero-order valence-electron chi connectivity index (χ0n) is 26.6. The minimum absolute atomic E-state index is 0.0995. The van der Waals surface area contributed by atoms with Crippen LogP contribution in [0.3, 0.4) is 0 Å². The van der Waals surface area contributed by atoms with E-state index in [0.29, 0.717) is 37.7 Å². The van der Waals surface area contributed by atoms with Crippen LogP contribution in [0, 0.1) is 23.7 Å². The van der Waals surface area contributed by atoms with E-state index >= 15 is 0 Å². The summed E-state index contributed by atoms with van der Waals surface area (Å²) >= 11 is 0. The van der Waals surface area contributed by atoms with Crippen LogP contribution < -0.4 is 5.32 Å². The lowest BCUT2D eigenvalue weighted by Gasteiger charge is -2.23. The molecule has 0 saturated carbocycles. The molecule has 0 spiro atoms. The van der Waals surface area contributed by atoms with Gasteiger partial charge in [-0.25, -0.2) is 4.79 Å². The first-order chi connectivity index (χ1) is 19.7. The Bertz CT molecular complexity index is 1030. The Balaban J connectivity index is 3.15. The molecule has 8 heteroatoms. The number of aliphatic hydroxyl groups is 2. The number of carbonyl (C=O) groups excluding carboxylic acids is 4. The first-order valence-electron chi connectivity index (χ1n) is 15.2. The molecular formula is C34H53NO7. The summed E-state index contributed by atoms with van der Waals surface area (Å²) in [5.74, 6) is -2.69. The number of amides is 1. The minimum Gasteiger partial charge on any atom is -0.455 e. The summed E-state index contributed by atoms with van der Waals surface area (Å²) in [5.41, 5.74) is 1.17. The van der Waals surface area contributed by atoms with Crippen LogP contribution >= 0.6 is 0 Å². The van der Waals surface area contributed by atoms with Crippen molar-refractivity contribution in [2.24, 2.45) is 23.7 Å². The summed E-state index contributed by atoms with van der Waals surface area (Å²) < 4.78 is 5.82. The number of cyclic esters (lactones) is 1.